The van der Waals surface area contributed by atoms with Crippen molar-refractivity contribution in [1.82, 2.24) is 39.4 Å². The van der Waals surface area contributed by atoms with Crippen molar-refractivity contribution in [1.29, 1.82) is 0 Å². The molecule has 27 nitrogen and oxygen atoms in total. The van der Waals surface area contributed by atoms with Crippen molar-refractivity contribution in [3.05, 3.63) is 161 Å². The molecule has 4 amide bonds. The number of halogens is 2. The van der Waals surface area contributed by atoms with Crippen LogP contribution in [0.4, 0.5) is 18.4 Å². The van der Waals surface area contributed by atoms with Gasteiger partial charge in [-0.05, 0) is 92.6 Å². The number of hydrogen-bond donors (Lipinski definition) is 4. The van der Waals surface area contributed by atoms with Crippen LogP contribution in [0.15, 0.2) is 116 Å². The predicted molar refractivity (Wildman–Crippen MR) is 336 cm³/mol. The molecular formula is C64H69F2N8NaO19P2. The SMILES string of the molecule is CCOC(=O)[C@@H](C)OP(=O)(CCN1CCN(C(=O)Oc2c3c(c(O)c4ncccc24)C(=O)N(Cc2ccc(F)cc2)C3)CC1)Oc1ccccc1.C[C@H](OP(=O)(O)CCN1CCN(C(=O)Oc2c3c(c(O)c4ncccc24)C(=O)N(Cc2ccc(F)cc2)C3)CC1)C(=O)O.[Na+].[OH-]. The molecule has 32 heteroatoms. The minimum atomic E-state index is -4.12. The Morgan fingerprint density at radius 1 is 0.604 bits per heavy atom. The van der Waals surface area contributed by atoms with E-state index >= 15 is 0 Å². The number of piperazine rings is 2. The summed E-state index contributed by atoms with van der Waals surface area (Å²) in [6, 6.07) is 26.6. The molecule has 0 radical (unpaired) electrons. The van der Waals surface area contributed by atoms with Crippen LogP contribution >= 0.6 is 15.2 Å². The molecule has 0 aliphatic carbocycles. The van der Waals surface area contributed by atoms with Gasteiger partial charge in [-0.3, -0.25) is 43.0 Å². The second-order valence-electron chi connectivity index (χ2n) is 22.5. The molecule has 2 unspecified atom stereocenters. The van der Waals surface area contributed by atoms with Gasteiger partial charge >= 0.3 is 68.9 Å². The third-order valence-electron chi connectivity index (χ3n) is 16.1. The second-order valence-corrected chi connectivity index (χ2v) is 26.5. The fourth-order valence-corrected chi connectivity index (χ4v) is 14.1. The Hall–Kier alpha value is -8.18. The molecular weight excluding hydrogens is 1310 g/mol. The van der Waals surface area contributed by atoms with Gasteiger partial charge in [-0.1, -0.05) is 42.5 Å². The van der Waals surface area contributed by atoms with Crippen LogP contribution < -0.4 is 43.6 Å². The van der Waals surface area contributed by atoms with Crippen molar-refractivity contribution >= 4 is 72.9 Å². The Labute approximate surface area is 571 Å². The Bertz CT molecular complexity index is 4100. The first-order valence-electron chi connectivity index (χ1n) is 30.1. The van der Waals surface area contributed by atoms with Gasteiger partial charge in [0.15, 0.2) is 23.7 Å². The fraction of sp³-hybridized carbons (Fsp3) is 0.344. The number of aliphatic carboxylic acids is 1. The molecule has 504 valence electrons. The van der Waals surface area contributed by atoms with Crippen LogP contribution in [-0.4, -0.2) is 198 Å². The first-order valence-corrected chi connectivity index (χ1v) is 33.6. The third-order valence-corrected chi connectivity index (χ3v) is 19.4. The summed E-state index contributed by atoms with van der Waals surface area (Å²) in [5.41, 5.74) is 2.32. The summed E-state index contributed by atoms with van der Waals surface area (Å²) in [6.07, 6.45) is -1.19. The maximum absolute atomic E-state index is 13.9. The van der Waals surface area contributed by atoms with Gasteiger partial charge in [0.1, 0.15) is 39.9 Å². The van der Waals surface area contributed by atoms with E-state index in [4.69, 9.17) is 32.9 Å². The van der Waals surface area contributed by atoms with Crippen LogP contribution in [0.25, 0.3) is 21.8 Å². The van der Waals surface area contributed by atoms with E-state index in [1.54, 1.807) is 85.8 Å². The van der Waals surface area contributed by atoms with E-state index in [1.807, 2.05) is 9.80 Å². The predicted octanol–water partition coefficient (Wildman–Crippen LogP) is 5.45. The molecule has 2 saturated heterocycles. The third kappa shape index (κ3) is 17.5. The molecule has 5 aromatic carbocycles. The smallest absolute Gasteiger partial charge is 0.870 e. The first-order chi connectivity index (χ1) is 45.0. The number of nitrogens with zero attached hydrogens (tertiary/aromatic N) is 8. The summed E-state index contributed by atoms with van der Waals surface area (Å²) in [7, 11) is -7.94. The summed E-state index contributed by atoms with van der Waals surface area (Å²) in [5, 5.41) is 31.7. The van der Waals surface area contributed by atoms with E-state index < -0.39 is 75.0 Å². The van der Waals surface area contributed by atoms with Crippen molar-refractivity contribution in [2.45, 2.75) is 59.2 Å². The van der Waals surface area contributed by atoms with Gasteiger partial charge in [0.05, 0.1) is 43.1 Å². The number of carbonyl (C=O) groups is 6. The van der Waals surface area contributed by atoms with E-state index in [0.717, 1.165) is 0 Å². The monoisotopic (exact) mass is 1380 g/mol. The number of carboxylic acid groups (broad SMARTS) is 1. The topological polar surface area (TPSA) is 348 Å². The van der Waals surface area contributed by atoms with Crippen molar-refractivity contribution in [2.75, 3.05) is 84.4 Å². The molecule has 6 heterocycles. The average Bonchev–Trinajstić information content (AvgIpc) is 1.55. The van der Waals surface area contributed by atoms with Gasteiger partial charge in [0.2, 0.25) is 0 Å². The number of phenolic OH excluding ortho intramolecular Hbond substituents is 2. The number of ether oxygens (including phenoxy) is 3. The van der Waals surface area contributed by atoms with E-state index in [0.29, 0.717) is 71.5 Å². The molecule has 0 spiro atoms. The van der Waals surface area contributed by atoms with Crippen LogP contribution in [0.5, 0.6) is 28.7 Å². The number of aromatic hydroxyl groups is 2. The molecule has 4 aliphatic rings. The van der Waals surface area contributed by atoms with Gasteiger partial charge in [0.25, 0.3) is 11.8 Å². The Morgan fingerprint density at radius 3 is 1.47 bits per heavy atom. The van der Waals surface area contributed by atoms with Crippen LogP contribution in [0.1, 0.15) is 63.7 Å². The zero-order valence-electron chi connectivity index (χ0n) is 52.8. The molecule has 4 atom stereocenters. The normalized spacial score (nSPS) is 16.6. The number of rotatable bonds is 21. The zero-order chi connectivity index (χ0) is 67.0. The van der Waals surface area contributed by atoms with Gasteiger partial charge in [-0.15, -0.1) is 0 Å². The van der Waals surface area contributed by atoms with Crippen molar-refractivity contribution < 1.29 is 130 Å². The van der Waals surface area contributed by atoms with Crippen LogP contribution in [0.3, 0.4) is 0 Å². The van der Waals surface area contributed by atoms with E-state index in [2.05, 4.69) is 9.97 Å². The molecule has 11 rings (SSSR count). The van der Waals surface area contributed by atoms with E-state index in [1.165, 1.54) is 70.1 Å². The largest absolute Gasteiger partial charge is 1.00 e. The number of esters is 1. The maximum atomic E-state index is 13.9. The average molecular weight is 1380 g/mol. The maximum Gasteiger partial charge on any atom is 1.00 e. The van der Waals surface area contributed by atoms with Crippen LogP contribution in [0, 0.1) is 11.6 Å². The van der Waals surface area contributed by atoms with E-state index in [-0.39, 0.29) is 158 Å². The quantitative estimate of drug-likeness (QED) is 0.0395. The molecule has 0 saturated carbocycles. The summed E-state index contributed by atoms with van der Waals surface area (Å²) in [4.78, 5) is 105. The van der Waals surface area contributed by atoms with E-state index in [9.17, 15) is 61.8 Å². The first kappa shape index (κ1) is 73.6. The van der Waals surface area contributed by atoms with Crippen molar-refractivity contribution in [3.63, 3.8) is 0 Å². The number of carboxylic acids is 1. The molecule has 4 aliphatic heterocycles. The molecule has 2 fully saturated rings. The number of para-hydroxylation sites is 1. The Kier molecular flexibility index (Phi) is 24.7. The second kappa shape index (κ2) is 32.2. The summed E-state index contributed by atoms with van der Waals surface area (Å²) >= 11 is 0. The Balaban J connectivity index is 0.000000244. The van der Waals surface area contributed by atoms with Gasteiger partial charge in [0, 0.05) is 113 Å². The summed E-state index contributed by atoms with van der Waals surface area (Å²) in [5.74, 6) is -3.73. The van der Waals surface area contributed by atoms with Crippen LogP contribution in [-0.2, 0) is 58.7 Å². The summed E-state index contributed by atoms with van der Waals surface area (Å²) < 4.78 is 86.1. The number of phenols is 2. The molecule has 5 N–H and O–H groups in total. The van der Waals surface area contributed by atoms with Gasteiger partial charge < -0.3 is 64.0 Å². The van der Waals surface area contributed by atoms with Crippen LogP contribution in [0.2, 0.25) is 0 Å². The molecule has 7 aromatic rings. The molecule has 2 aromatic heterocycles. The number of carbonyl (C=O) groups excluding carboxylic acids is 5. The van der Waals surface area contributed by atoms with Crippen molar-refractivity contribution in [3.8, 4) is 28.7 Å². The zero-order valence-corrected chi connectivity index (χ0v) is 56.6. The number of amides is 4. The fourth-order valence-electron chi connectivity index (χ4n) is 11.1. The number of fused-ring (bicyclic) bond motifs is 4. The minimum Gasteiger partial charge on any atom is -0.870 e. The minimum absolute atomic E-state index is 0. The molecule has 96 heavy (non-hydrogen) atoms. The number of pyridine rings is 2. The Morgan fingerprint density at radius 2 is 1.04 bits per heavy atom. The van der Waals surface area contributed by atoms with Crippen molar-refractivity contribution in [2.24, 2.45) is 0 Å². The number of hydrogen-bond acceptors (Lipinski definition) is 21. The number of benzene rings is 5. The van der Waals surface area contributed by atoms with Gasteiger partial charge in [-0.25, -0.2) is 32.5 Å². The number of aromatic nitrogens is 2. The molecule has 0 bridgehead atoms. The van der Waals surface area contributed by atoms with Gasteiger partial charge in [-0.2, -0.15) is 0 Å². The summed E-state index contributed by atoms with van der Waals surface area (Å²) in [6.45, 7) is 7.97. The standard InChI is InChI=1S/C36H38FN4O9P.C28H30FN4O9P.Na.H2O/c1-3-47-35(44)24(2)49-51(46,50-27-8-5-4-6-9-27)21-20-39-16-18-40(19-17-39)36(45)48-33-28-10-7-15-38-31(28)32(42)30-29(33)23-41(34(30)43)22-25-11-13-26(37)14-12-25;1-17(27(36)37)42-43(39,40)14-13-31-9-11-32(12-10-31)28(38)41-25-20-3-2-8-30-23(20)24(34)22-21(25)16-33(26(22)35)15-18-4-6-19(29)7-5-18;;/h4-15,24,42H,3,16-23H2,1-2H3;2-8,17,34H,9-16H2,1H3,(H,36,37)(H,39,40);;1H2/q;;+1;/p-1/t24-,51?;17-;;/m10../s1.